The van der Waals surface area contributed by atoms with E-state index in [0.717, 1.165) is 69.4 Å². The van der Waals surface area contributed by atoms with Crippen LogP contribution < -0.4 is 15.5 Å². The molecule has 0 bridgehead atoms. The third kappa shape index (κ3) is 5.80. The summed E-state index contributed by atoms with van der Waals surface area (Å²) in [6.45, 7) is 5.42. The van der Waals surface area contributed by atoms with Crippen molar-refractivity contribution in [3.05, 3.63) is 221 Å². The highest BCUT2D eigenvalue weighted by molar-refractivity contribution is 6.06. The van der Waals surface area contributed by atoms with Crippen LogP contribution in [0.4, 0.5) is 11.4 Å². The standard InChI is InChI=1S/C53H41N3O/c1-34-42-16-7-6-15-40(42)33-56(49-31-28-37-14-5-8-17-43(37)51(34)49)41-29-26-39(27-30-41)48-32-47(38-24-22-36(23-25-38)35-12-3-2-4-13-35)54-53(55-48)46-20-11-19-45-44-18-9-10-21-50(44)57-52(45)46/h2-3,5-12,14-32,47,53-55H,1,4,13,33H2. The van der Waals surface area contributed by atoms with Gasteiger partial charge in [-0.1, -0.05) is 152 Å². The zero-order valence-corrected chi connectivity index (χ0v) is 31.6. The Morgan fingerprint density at radius 2 is 1.46 bits per heavy atom. The van der Waals surface area contributed by atoms with Crippen molar-refractivity contribution < 1.29 is 4.42 Å². The lowest BCUT2D eigenvalue weighted by Crippen LogP contribution is -2.39. The van der Waals surface area contributed by atoms with Crippen molar-refractivity contribution in [2.24, 2.45) is 0 Å². The number of hydrogen-bond acceptors (Lipinski definition) is 4. The smallest absolute Gasteiger partial charge is 0.142 e. The molecule has 0 spiro atoms. The highest BCUT2D eigenvalue weighted by atomic mass is 16.3. The van der Waals surface area contributed by atoms with E-state index in [0.29, 0.717) is 0 Å². The van der Waals surface area contributed by atoms with Crippen LogP contribution in [0.15, 0.2) is 187 Å². The van der Waals surface area contributed by atoms with Gasteiger partial charge in [-0.25, -0.2) is 0 Å². The molecule has 274 valence electrons. The highest BCUT2D eigenvalue weighted by Gasteiger charge is 2.28. The molecule has 11 rings (SSSR count). The van der Waals surface area contributed by atoms with Gasteiger partial charge in [-0.15, -0.1) is 0 Å². The van der Waals surface area contributed by atoms with Crippen LogP contribution in [0.5, 0.6) is 0 Å². The maximum Gasteiger partial charge on any atom is 0.142 e. The van der Waals surface area contributed by atoms with Crippen molar-refractivity contribution in [1.82, 2.24) is 10.6 Å². The van der Waals surface area contributed by atoms with Crippen molar-refractivity contribution in [2.45, 2.75) is 31.6 Å². The van der Waals surface area contributed by atoms with Crippen molar-refractivity contribution in [2.75, 3.05) is 4.90 Å². The Morgan fingerprint density at radius 1 is 0.684 bits per heavy atom. The third-order valence-corrected chi connectivity index (χ3v) is 12.0. The van der Waals surface area contributed by atoms with Gasteiger partial charge in [0.1, 0.15) is 17.3 Å². The Hall–Kier alpha value is -6.88. The van der Waals surface area contributed by atoms with Crippen LogP contribution >= 0.6 is 0 Å². The fraction of sp³-hybridized carbons (Fsp3) is 0.0943. The molecular weight excluding hydrogens is 695 g/mol. The number of para-hydroxylation sites is 2. The molecule has 3 heterocycles. The number of benzene rings is 7. The van der Waals surface area contributed by atoms with Crippen LogP contribution in [-0.2, 0) is 6.54 Å². The number of rotatable bonds is 5. The van der Waals surface area contributed by atoms with Gasteiger partial charge in [-0.3, -0.25) is 5.32 Å². The summed E-state index contributed by atoms with van der Waals surface area (Å²) >= 11 is 0. The predicted molar refractivity (Wildman–Crippen MR) is 237 cm³/mol. The number of hydrogen-bond donors (Lipinski definition) is 2. The summed E-state index contributed by atoms with van der Waals surface area (Å²) in [5.74, 6) is 0. The first-order valence-corrected chi connectivity index (χ1v) is 19.9. The van der Waals surface area contributed by atoms with Gasteiger partial charge in [-0.05, 0) is 92.9 Å². The summed E-state index contributed by atoms with van der Waals surface area (Å²) in [7, 11) is 0. The van der Waals surface area contributed by atoms with Crippen LogP contribution in [0, 0.1) is 0 Å². The number of furan rings is 1. The van der Waals surface area contributed by atoms with Gasteiger partial charge in [0.25, 0.3) is 0 Å². The molecule has 4 nitrogen and oxygen atoms in total. The Kier molecular flexibility index (Phi) is 8.04. The second-order valence-corrected chi connectivity index (χ2v) is 15.4. The molecule has 0 fully saturated rings. The maximum absolute atomic E-state index is 6.56. The van der Waals surface area contributed by atoms with E-state index in [1.165, 1.54) is 49.9 Å². The normalized spacial score (nSPS) is 17.8. The molecule has 8 aromatic rings. The molecule has 0 radical (unpaired) electrons. The summed E-state index contributed by atoms with van der Waals surface area (Å²) in [4.78, 5) is 2.44. The zero-order valence-electron chi connectivity index (χ0n) is 31.6. The first-order valence-electron chi connectivity index (χ1n) is 19.9. The minimum absolute atomic E-state index is 0.0341. The van der Waals surface area contributed by atoms with Crippen LogP contribution in [0.3, 0.4) is 0 Å². The maximum atomic E-state index is 6.56. The number of fused-ring (bicyclic) bond motifs is 7. The zero-order chi connectivity index (χ0) is 37.9. The second kappa shape index (κ2) is 13.7. The first-order chi connectivity index (χ1) is 28.2. The molecule has 4 heteroatoms. The summed E-state index contributed by atoms with van der Waals surface area (Å²) < 4.78 is 6.56. The lowest BCUT2D eigenvalue weighted by atomic mass is 9.92. The van der Waals surface area contributed by atoms with E-state index >= 15 is 0 Å². The van der Waals surface area contributed by atoms with Crippen molar-refractivity contribution in [1.29, 1.82) is 0 Å². The van der Waals surface area contributed by atoms with E-state index in [2.05, 4.69) is 192 Å². The SMILES string of the molecule is C=C1c2ccccc2CN(c2ccc(C3=CC(c4ccc(C5=CC=CCC5)cc4)NC(c4cccc5c4oc4ccccc45)N3)cc2)c2ccc3ccccc3c21. The molecule has 3 aliphatic rings. The second-order valence-electron chi connectivity index (χ2n) is 15.4. The lowest BCUT2D eigenvalue weighted by Gasteiger charge is -2.33. The molecule has 2 atom stereocenters. The number of nitrogens with zero attached hydrogens (tertiary/aromatic N) is 1. The van der Waals surface area contributed by atoms with E-state index in [1.54, 1.807) is 0 Å². The van der Waals surface area contributed by atoms with Gasteiger partial charge in [0.05, 0.1) is 6.04 Å². The van der Waals surface area contributed by atoms with Crippen molar-refractivity contribution in [3.63, 3.8) is 0 Å². The van der Waals surface area contributed by atoms with E-state index in [4.69, 9.17) is 4.42 Å². The summed E-state index contributed by atoms with van der Waals surface area (Å²) in [6.07, 6.45) is 11.0. The quantitative estimate of drug-likeness (QED) is 0.185. The minimum Gasteiger partial charge on any atom is -0.456 e. The lowest BCUT2D eigenvalue weighted by molar-refractivity contribution is 0.441. The molecule has 7 aromatic carbocycles. The van der Waals surface area contributed by atoms with Gasteiger partial charge in [-0.2, -0.15) is 0 Å². The Morgan fingerprint density at radius 3 is 2.32 bits per heavy atom. The van der Waals surface area contributed by atoms with Crippen LogP contribution in [0.1, 0.15) is 64.0 Å². The van der Waals surface area contributed by atoms with Crippen molar-refractivity contribution in [3.8, 4) is 0 Å². The average Bonchev–Trinajstić information content (AvgIpc) is 3.61. The van der Waals surface area contributed by atoms with Crippen LogP contribution in [0.25, 0.3) is 49.6 Å². The molecule has 2 aliphatic heterocycles. The third-order valence-electron chi connectivity index (χ3n) is 12.0. The molecule has 0 saturated heterocycles. The van der Waals surface area contributed by atoms with Gasteiger partial charge >= 0.3 is 0 Å². The Labute approximate surface area is 332 Å². The summed E-state index contributed by atoms with van der Waals surface area (Å²) in [5, 5.41) is 12.5. The van der Waals surface area contributed by atoms with Crippen molar-refractivity contribution >= 4 is 60.9 Å². The summed E-state index contributed by atoms with van der Waals surface area (Å²) in [5.41, 5.74) is 16.0. The minimum atomic E-state index is -0.196. The van der Waals surface area contributed by atoms with Crippen LogP contribution in [-0.4, -0.2) is 0 Å². The van der Waals surface area contributed by atoms with Gasteiger partial charge in [0.15, 0.2) is 0 Å². The topological polar surface area (TPSA) is 40.4 Å². The monoisotopic (exact) mass is 735 g/mol. The molecule has 0 saturated carbocycles. The molecule has 2 unspecified atom stereocenters. The Balaban J connectivity index is 0.991. The van der Waals surface area contributed by atoms with E-state index < -0.39 is 0 Å². The van der Waals surface area contributed by atoms with Crippen LogP contribution in [0.2, 0.25) is 0 Å². The number of anilines is 2. The largest absolute Gasteiger partial charge is 0.456 e. The van der Waals surface area contributed by atoms with Gasteiger partial charge < -0.3 is 14.6 Å². The highest BCUT2D eigenvalue weighted by Crippen LogP contribution is 2.44. The van der Waals surface area contributed by atoms with E-state index in [9.17, 15) is 0 Å². The molecule has 2 N–H and O–H groups in total. The number of allylic oxidation sites excluding steroid dienone is 4. The molecule has 1 aromatic heterocycles. The summed E-state index contributed by atoms with van der Waals surface area (Å²) in [6, 6.07) is 54.7. The fourth-order valence-corrected chi connectivity index (χ4v) is 9.12. The Bertz CT molecular complexity index is 2960. The van der Waals surface area contributed by atoms with E-state index in [1.807, 2.05) is 6.07 Å². The predicted octanol–water partition coefficient (Wildman–Crippen LogP) is 13.2. The van der Waals surface area contributed by atoms with E-state index in [-0.39, 0.29) is 12.2 Å². The van der Waals surface area contributed by atoms with Gasteiger partial charge in [0.2, 0.25) is 0 Å². The molecular formula is C53H41N3O. The molecule has 57 heavy (non-hydrogen) atoms. The fourth-order valence-electron chi connectivity index (χ4n) is 9.12. The first kappa shape index (κ1) is 33.5. The molecule has 0 amide bonds. The van der Waals surface area contributed by atoms with Gasteiger partial charge in [0, 0.05) is 45.5 Å². The average molecular weight is 736 g/mol. The number of nitrogens with one attached hydrogen (secondary N) is 2. The molecule has 1 aliphatic carbocycles.